The van der Waals surface area contributed by atoms with Crippen LogP contribution in [0.1, 0.15) is 39.5 Å². The van der Waals surface area contributed by atoms with Gasteiger partial charge in [-0.05, 0) is 39.5 Å². The van der Waals surface area contributed by atoms with Crippen LogP contribution < -0.4 is 45.9 Å². The molecule has 32 heteroatoms. The number of hydrogen-bond acceptors (Lipinski definition) is 32. The van der Waals surface area contributed by atoms with Crippen molar-refractivity contribution in [2.45, 2.75) is 211 Å². The van der Waals surface area contributed by atoms with Gasteiger partial charge in [-0.2, -0.15) is 23.5 Å². The smallest absolute Gasteiger partial charge is 0.219 e. The van der Waals surface area contributed by atoms with Crippen molar-refractivity contribution in [1.29, 1.82) is 0 Å². The predicted molar refractivity (Wildman–Crippen MR) is 279 cm³/mol. The van der Waals surface area contributed by atoms with E-state index in [0.717, 1.165) is 11.5 Å². The van der Waals surface area contributed by atoms with E-state index >= 15 is 0 Å². The summed E-state index contributed by atoms with van der Waals surface area (Å²) in [4.78, 5) is 22.1. The highest BCUT2D eigenvalue weighted by molar-refractivity contribution is 8.76. The molecule has 2 saturated carbocycles. The third kappa shape index (κ3) is 17.9. The lowest BCUT2D eigenvalue weighted by Gasteiger charge is -2.45. The normalized spacial score (nSPS) is 46.5. The molecule has 2 aliphatic carbocycles. The molecule has 4 saturated heterocycles. The molecule has 446 valence electrons. The molecular weight excluding hydrogens is 1090 g/mol. The summed E-state index contributed by atoms with van der Waals surface area (Å²) >= 11 is 2.92. The van der Waals surface area contributed by atoms with Gasteiger partial charge in [0, 0.05) is 58.7 Å². The molecule has 0 spiro atoms. The van der Waals surface area contributed by atoms with Crippen LogP contribution in [0.2, 0.25) is 0 Å². The van der Waals surface area contributed by atoms with Crippen molar-refractivity contribution < 1.29 is 98.3 Å². The van der Waals surface area contributed by atoms with Gasteiger partial charge in [0.1, 0.15) is 48.8 Å². The molecule has 6 rings (SSSR count). The quantitative estimate of drug-likeness (QED) is 0.0157. The summed E-state index contributed by atoms with van der Waals surface area (Å²) in [6, 6.07) is -6.55. The molecule has 6 fully saturated rings. The first-order valence-electron chi connectivity index (χ1n) is 25.8. The van der Waals surface area contributed by atoms with Crippen molar-refractivity contribution in [1.82, 2.24) is 0 Å². The first-order valence-corrected chi connectivity index (χ1v) is 30.6. The van der Waals surface area contributed by atoms with Gasteiger partial charge in [0.25, 0.3) is 0 Å². The maximum absolute atomic E-state index is 11.2. The van der Waals surface area contributed by atoms with Crippen LogP contribution in [0.15, 0.2) is 0 Å². The van der Waals surface area contributed by atoms with Gasteiger partial charge in [-0.1, -0.05) is 21.6 Å². The van der Waals surface area contributed by atoms with Gasteiger partial charge in [-0.3, -0.25) is 0 Å². The Bertz CT molecular complexity index is 1560. The fraction of sp³-hybridized carbons (Fsp3) is 1.00. The van der Waals surface area contributed by atoms with Crippen LogP contribution in [0.3, 0.4) is 0 Å². The van der Waals surface area contributed by atoms with E-state index in [4.69, 9.17) is 103 Å². The zero-order valence-corrected chi connectivity index (χ0v) is 46.1. The zero-order valence-electron chi connectivity index (χ0n) is 42.8. The Labute approximate surface area is 459 Å². The summed E-state index contributed by atoms with van der Waals surface area (Å²) in [6.07, 6.45) is -20.6. The lowest BCUT2D eigenvalue weighted by molar-refractivity contribution is -0.443. The number of thioether (sulfide) groups is 2. The maximum atomic E-state index is 11.2. The van der Waals surface area contributed by atoms with Crippen molar-refractivity contribution in [3.63, 3.8) is 0 Å². The lowest BCUT2D eigenvalue weighted by atomic mass is 9.84. The van der Waals surface area contributed by atoms with Crippen LogP contribution in [-0.4, -0.2) is 273 Å². The van der Waals surface area contributed by atoms with Crippen LogP contribution in [-0.2, 0) is 57.4 Å². The number of hydrogen-bond donors (Lipinski definition) is 16. The van der Waals surface area contributed by atoms with E-state index in [-0.39, 0.29) is 25.7 Å². The summed E-state index contributed by atoms with van der Waals surface area (Å²) in [5.41, 5.74) is 49.7. The van der Waals surface area contributed by atoms with Gasteiger partial charge < -0.3 is 125 Å². The molecule has 6 aliphatic rings. The summed E-state index contributed by atoms with van der Waals surface area (Å²) in [7, 11) is 3.30. The van der Waals surface area contributed by atoms with Gasteiger partial charge in [0.05, 0.1) is 99.4 Å². The molecule has 0 radical (unpaired) electrons. The van der Waals surface area contributed by atoms with Crippen LogP contribution in [0, 0.1) is 0 Å². The third-order valence-electron chi connectivity index (χ3n) is 14.3. The second-order valence-electron chi connectivity index (χ2n) is 20.2. The minimum atomic E-state index is -1.47. The summed E-state index contributed by atoms with van der Waals surface area (Å²) < 4.78 is 46.7. The number of nitrogens with two attached hydrogens (primary N) is 8. The van der Waals surface area contributed by atoms with E-state index < -0.39 is 171 Å². The Balaban J connectivity index is 0.782. The van der Waals surface area contributed by atoms with E-state index in [9.17, 15) is 40.9 Å². The molecule has 0 aromatic heterocycles. The van der Waals surface area contributed by atoms with Gasteiger partial charge >= 0.3 is 0 Å². The van der Waals surface area contributed by atoms with Crippen molar-refractivity contribution >= 4 is 45.1 Å². The van der Waals surface area contributed by atoms with E-state index in [1.807, 2.05) is 0 Å². The van der Waals surface area contributed by atoms with E-state index in [0.29, 0.717) is 49.4 Å². The van der Waals surface area contributed by atoms with Gasteiger partial charge in [-0.25, -0.2) is 19.6 Å². The molecule has 0 unspecified atom stereocenters. The van der Waals surface area contributed by atoms with Gasteiger partial charge in [0.2, 0.25) is 12.6 Å². The number of aliphatic hydroxyl groups is 8. The van der Waals surface area contributed by atoms with Crippen molar-refractivity contribution in [3.8, 4) is 0 Å². The van der Waals surface area contributed by atoms with Crippen molar-refractivity contribution in [2.24, 2.45) is 45.9 Å². The molecule has 28 nitrogen and oxygen atoms in total. The lowest BCUT2D eigenvalue weighted by Crippen LogP contribution is -2.66. The molecule has 4 heterocycles. The standard InChI is InChI=1S/C44H86N8O20S4/c1-17-25(53)13-23(49)41(63-17)67-37-19(45)11-21(47)39(35(37)59)69-71-43-33(57)29(51)31(55)27(65-43)15-73-7-3-61-5-9-75-76-10-6-62-4-8-74-16-28-32(56)30(52)34(58)44(66-28)72-70-40-22(48)12-20(46)38(36(40)60)68-42-24(50)14-26(54)18(2)64-42/h17-44,53-60H,3-16,45-52H2,1-2H3/t17-,18-,19+,20+,21-,22-,23-,24-,25+,26+,27-,28-,29+,30+,31-,32-,33-,34-,35+,36+,37-,38-,39+,40+,41-,42-,43-,44-/m1/s1. The topological polar surface area (TPSA) is 481 Å². The first-order chi connectivity index (χ1) is 36.2. The molecule has 28 atom stereocenters. The largest absolute Gasteiger partial charge is 0.390 e. The highest BCUT2D eigenvalue weighted by atomic mass is 33.1. The second kappa shape index (κ2) is 31.8. The highest BCUT2D eigenvalue weighted by Gasteiger charge is 2.51. The second-order valence-corrected chi connectivity index (χ2v) is 25.2. The van der Waals surface area contributed by atoms with E-state index in [2.05, 4.69) is 0 Å². The summed E-state index contributed by atoms with van der Waals surface area (Å²) in [6.45, 7) is 5.29. The fourth-order valence-electron chi connectivity index (χ4n) is 9.46. The maximum Gasteiger partial charge on any atom is 0.219 e. The van der Waals surface area contributed by atoms with Gasteiger partial charge in [0.15, 0.2) is 12.6 Å². The van der Waals surface area contributed by atoms with Crippen LogP contribution in [0.4, 0.5) is 0 Å². The van der Waals surface area contributed by atoms with E-state index in [1.54, 1.807) is 35.4 Å². The molecule has 76 heavy (non-hydrogen) atoms. The van der Waals surface area contributed by atoms with Crippen LogP contribution in [0.25, 0.3) is 0 Å². The van der Waals surface area contributed by atoms with Crippen molar-refractivity contribution in [3.05, 3.63) is 0 Å². The fourth-order valence-corrected chi connectivity index (χ4v) is 13.0. The third-order valence-corrected chi connectivity index (χ3v) is 18.6. The average molecular weight is 1180 g/mol. The molecule has 4 aliphatic heterocycles. The Morgan fingerprint density at radius 1 is 0.395 bits per heavy atom. The molecule has 0 aromatic rings. The van der Waals surface area contributed by atoms with E-state index in [1.165, 1.54) is 23.5 Å². The Morgan fingerprint density at radius 3 is 1.13 bits per heavy atom. The SMILES string of the molecule is C[C@H]1O[C@H](O[C@H]2[C@H](O)[C@@H](OO[C@H]3O[C@H](CSCCOCCSSCCOCCSC[C@H]4O[C@H](OO[C@@H]5[C@@H](O)[C@H](O[C@H]6O[C@H](C)[C@@H](O)C[C@H]6N)[C@@H](N)C[C@H]5N)[C@H](O)[C@@H](N)[C@@H]4O)[C@@H](O)[C@H](N)[C@H]3O)[C@H](N)C[C@@H]2N)[C@H](N)C[C@@H]1O. The molecule has 0 aromatic carbocycles. The predicted octanol–water partition coefficient (Wildman–Crippen LogP) is -6.70. The monoisotopic (exact) mass is 1170 g/mol. The Morgan fingerprint density at radius 2 is 0.750 bits per heavy atom. The average Bonchev–Trinajstić information content (AvgIpc) is 3.37. The number of rotatable bonds is 27. The number of ether oxygens (including phenoxy) is 8. The van der Waals surface area contributed by atoms with Crippen LogP contribution >= 0.6 is 45.1 Å². The van der Waals surface area contributed by atoms with Crippen LogP contribution in [0.5, 0.6) is 0 Å². The molecule has 0 bridgehead atoms. The molecular formula is C44H86N8O20S4. The minimum Gasteiger partial charge on any atom is -0.390 e. The summed E-state index contributed by atoms with van der Waals surface area (Å²) in [5.74, 6) is 3.27. The Kier molecular flexibility index (Phi) is 27.4. The summed E-state index contributed by atoms with van der Waals surface area (Å²) in [5, 5.41) is 85.6. The van der Waals surface area contributed by atoms with Crippen molar-refractivity contribution in [2.75, 3.05) is 60.9 Å². The number of aliphatic hydroxyl groups excluding tert-OH is 8. The molecule has 0 amide bonds. The first kappa shape index (κ1) is 65.4. The van der Waals surface area contributed by atoms with Gasteiger partial charge in [-0.15, -0.1) is 0 Å². The highest BCUT2D eigenvalue weighted by Crippen LogP contribution is 2.33. The minimum absolute atomic E-state index is 0.180. The zero-order chi connectivity index (χ0) is 55.4. The Hall–Kier alpha value is 0.280. The molecule has 24 N–H and O–H groups in total.